The minimum atomic E-state index is -1.00. The van der Waals surface area contributed by atoms with Crippen LogP contribution in [0.3, 0.4) is 0 Å². The lowest BCUT2D eigenvalue weighted by Gasteiger charge is -2.09. The summed E-state index contributed by atoms with van der Waals surface area (Å²) in [6.07, 6.45) is 1.62. The van der Waals surface area contributed by atoms with E-state index < -0.39 is 5.97 Å². The average molecular weight is 390 g/mol. The van der Waals surface area contributed by atoms with E-state index in [1.165, 1.54) is 0 Å². The van der Waals surface area contributed by atoms with Gasteiger partial charge in [0, 0.05) is 0 Å². The highest BCUT2D eigenvalue weighted by Crippen LogP contribution is 2.23. The van der Waals surface area contributed by atoms with E-state index in [0.717, 1.165) is 11.3 Å². The van der Waals surface area contributed by atoms with Crippen LogP contribution < -0.4 is 14.2 Å². The molecule has 0 fully saturated rings. The Bertz CT molecular complexity index is 962. The third-order valence-corrected chi connectivity index (χ3v) is 4.16. The zero-order valence-corrected chi connectivity index (χ0v) is 16.1. The lowest BCUT2D eigenvalue weighted by atomic mass is 10.0. The smallest absolute Gasteiger partial charge is 0.336 e. The molecule has 0 saturated carbocycles. The van der Waals surface area contributed by atoms with Crippen molar-refractivity contribution in [2.24, 2.45) is 0 Å². The van der Waals surface area contributed by atoms with Crippen molar-refractivity contribution in [2.75, 3.05) is 20.3 Å². The van der Waals surface area contributed by atoms with Gasteiger partial charge in [-0.3, -0.25) is 0 Å². The molecule has 0 aliphatic carbocycles. The van der Waals surface area contributed by atoms with Crippen LogP contribution in [0.4, 0.5) is 0 Å². The van der Waals surface area contributed by atoms with Crippen LogP contribution >= 0.6 is 0 Å². The number of carboxylic acid groups (broad SMARTS) is 1. The zero-order chi connectivity index (χ0) is 20.5. The fraction of sp³-hybridized carbons (Fsp3) is 0.125. The molecule has 0 heterocycles. The number of carbonyl (C=O) groups is 1. The van der Waals surface area contributed by atoms with Crippen LogP contribution in [0.1, 0.15) is 11.1 Å². The van der Waals surface area contributed by atoms with Crippen molar-refractivity contribution in [2.45, 2.75) is 0 Å². The van der Waals surface area contributed by atoms with E-state index in [9.17, 15) is 9.90 Å². The molecule has 0 spiro atoms. The van der Waals surface area contributed by atoms with Gasteiger partial charge in [-0.2, -0.15) is 0 Å². The third-order valence-electron chi connectivity index (χ3n) is 4.16. The van der Waals surface area contributed by atoms with Crippen LogP contribution in [0.5, 0.6) is 17.2 Å². The molecule has 0 bridgehead atoms. The first-order valence-electron chi connectivity index (χ1n) is 9.16. The van der Waals surface area contributed by atoms with Crippen LogP contribution in [-0.4, -0.2) is 31.4 Å². The monoisotopic (exact) mass is 390 g/mol. The quantitative estimate of drug-likeness (QED) is 0.324. The topological polar surface area (TPSA) is 65.0 Å². The molecule has 3 aromatic carbocycles. The molecule has 0 saturated heterocycles. The fourth-order valence-electron chi connectivity index (χ4n) is 2.74. The summed E-state index contributed by atoms with van der Waals surface area (Å²) in [4.78, 5) is 11.7. The van der Waals surface area contributed by atoms with Crippen molar-refractivity contribution >= 4 is 17.6 Å². The Kier molecular flexibility index (Phi) is 6.90. The molecule has 0 atom stereocenters. The van der Waals surface area contributed by atoms with E-state index in [2.05, 4.69) is 0 Å². The summed E-state index contributed by atoms with van der Waals surface area (Å²) < 4.78 is 16.5. The van der Waals surface area contributed by atoms with Crippen LogP contribution in [-0.2, 0) is 4.79 Å². The lowest BCUT2D eigenvalue weighted by Crippen LogP contribution is -2.08. The summed E-state index contributed by atoms with van der Waals surface area (Å²) in [7, 11) is 1.57. The van der Waals surface area contributed by atoms with Crippen molar-refractivity contribution < 1.29 is 24.1 Å². The van der Waals surface area contributed by atoms with Gasteiger partial charge < -0.3 is 19.3 Å². The number of hydrogen-bond donors (Lipinski definition) is 1. The molecule has 0 unspecified atom stereocenters. The Labute approximate surface area is 169 Å². The Morgan fingerprint density at radius 1 is 0.828 bits per heavy atom. The summed E-state index contributed by atoms with van der Waals surface area (Å²) in [6, 6.07) is 23.7. The Morgan fingerprint density at radius 3 is 2.14 bits per heavy atom. The molecule has 0 aromatic heterocycles. The van der Waals surface area contributed by atoms with E-state index in [0.29, 0.717) is 30.3 Å². The second-order valence-corrected chi connectivity index (χ2v) is 6.17. The Morgan fingerprint density at radius 2 is 1.48 bits per heavy atom. The largest absolute Gasteiger partial charge is 0.497 e. The fourth-order valence-corrected chi connectivity index (χ4v) is 2.74. The highest BCUT2D eigenvalue weighted by Gasteiger charge is 2.11. The number of aliphatic carboxylic acids is 1. The van der Waals surface area contributed by atoms with Gasteiger partial charge in [0.15, 0.2) is 0 Å². The van der Waals surface area contributed by atoms with Crippen molar-refractivity contribution in [1.29, 1.82) is 0 Å². The van der Waals surface area contributed by atoms with E-state index in [4.69, 9.17) is 14.2 Å². The molecule has 1 N–H and O–H groups in total. The SMILES string of the molecule is COc1ccc(/C(=C\c2cccc(OCCOc3ccccc3)c2)C(=O)O)cc1. The van der Waals surface area contributed by atoms with Gasteiger partial charge in [-0.15, -0.1) is 0 Å². The van der Waals surface area contributed by atoms with Gasteiger partial charge in [0.1, 0.15) is 30.5 Å². The van der Waals surface area contributed by atoms with Crippen LogP contribution in [0.2, 0.25) is 0 Å². The molecule has 5 heteroatoms. The predicted molar refractivity (Wildman–Crippen MR) is 112 cm³/mol. The van der Waals surface area contributed by atoms with Crippen molar-refractivity contribution in [3.63, 3.8) is 0 Å². The summed E-state index contributed by atoms with van der Waals surface area (Å²) >= 11 is 0. The molecule has 5 nitrogen and oxygen atoms in total. The summed E-state index contributed by atoms with van der Waals surface area (Å²) in [5.74, 6) is 1.11. The van der Waals surface area contributed by atoms with Gasteiger partial charge in [0.25, 0.3) is 0 Å². The average Bonchev–Trinajstić information content (AvgIpc) is 2.76. The van der Waals surface area contributed by atoms with Crippen LogP contribution in [0.25, 0.3) is 11.6 Å². The first kappa shape index (κ1) is 20.0. The van der Waals surface area contributed by atoms with Gasteiger partial charge in [-0.25, -0.2) is 4.79 Å². The number of para-hydroxylation sites is 1. The normalized spacial score (nSPS) is 11.0. The Hall–Kier alpha value is -3.73. The number of rotatable bonds is 9. The number of carboxylic acids is 1. The minimum absolute atomic E-state index is 0.192. The molecule has 148 valence electrons. The summed E-state index contributed by atoms with van der Waals surface area (Å²) in [5.41, 5.74) is 1.53. The zero-order valence-electron chi connectivity index (χ0n) is 16.1. The predicted octanol–water partition coefficient (Wildman–Crippen LogP) is 4.78. The molecular formula is C24H22O5. The molecule has 3 rings (SSSR count). The second-order valence-electron chi connectivity index (χ2n) is 6.17. The molecular weight excluding hydrogens is 368 g/mol. The molecule has 3 aromatic rings. The van der Waals surface area contributed by atoms with Crippen molar-refractivity contribution in [1.82, 2.24) is 0 Å². The maximum Gasteiger partial charge on any atom is 0.336 e. The number of methoxy groups -OCH3 is 1. The molecule has 0 radical (unpaired) electrons. The van der Waals surface area contributed by atoms with Gasteiger partial charge in [-0.1, -0.05) is 42.5 Å². The first-order valence-corrected chi connectivity index (χ1v) is 9.16. The first-order chi connectivity index (χ1) is 14.2. The molecule has 0 aliphatic heterocycles. The lowest BCUT2D eigenvalue weighted by molar-refractivity contribution is -0.130. The van der Waals surface area contributed by atoms with Crippen LogP contribution in [0, 0.1) is 0 Å². The van der Waals surface area contributed by atoms with Gasteiger partial charge in [-0.05, 0) is 53.6 Å². The van der Waals surface area contributed by atoms with Crippen molar-refractivity contribution in [3.8, 4) is 17.2 Å². The Balaban J connectivity index is 1.67. The van der Waals surface area contributed by atoms with Gasteiger partial charge in [0.2, 0.25) is 0 Å². The van der Waals surface area contributed by atoms with E-state index in [1.54, 1.807) is 43.5 Å². The van der Waals surface area contributed by atoms with Gasteiger partial charge >= 0.3 is 5.97 Å². The van der Waals surface area contributed by atoms with E-state index >= 15 is 0 Å². The minimum Gasteiger partial charge on any atom is -0.497 e. The molecule has 0 aliphatic rings. The number of benzene rings is 3. The van der Waals surface area contributed by atoms with E-state index in [-0.39, 0.29) is 5.57 Å². The van der Waals surface area contributed by atoms with Crippen molar-refractivity contribution in [3.05, 3.63) is 90.0 Å². The van der Waals surface area contributed by atoms with Gasteiger partial charge in [0.05, 0.1) is 12.7 Å². The number of hydrogen-bond acceptors (Lipinski definition) is 4. The van der Waals surface area contributed by atoms with E-state index in [1.807, 2.05) is 48.5 Å². The number of ether oxygens (including phenoxy) is 3. The summed E-state index contributed by atoms with van der Waals surface area (Å²) in [5, 5.41) is 9.62. The second kappa shape index (κ2) is 9.99. The third kappa shape index (κ3) is 5.87. The maximum absolute atomic E-state index is 11.7. The van der Waals surface area contributed by atoms with Crippen LogP contribution in [0.15, 0.2) is 78.9 Å². The highest BCUT2D eigenvalue weighted by molar-refractivity contribution is 6.20. The molecule has 0 amide bonds. The maximum atomic E-state index is 11.7. The summed E-state index contributed by atoms with van der Waals surface area (Å²) in [6.45, 7) is 0.794. The molecule has 29 heavy (non-hydrogen) atoms. The highest BCUT2D eigenvalue weighted by atomic mass is 16.5. The standard InChI is InChI=1S/C24H22O5/c1-27-20-12-10-19(11-13-20)23(24(25)26)17-18-6-5-9-22(16-18)29-15-14-28-21-7-3-2-4-8-21/h2-13,16-17H,14-15H2,1H3,(H,25,26)/b23-17+.